The minimum Gasteiger partial charge on any atom is -0.508 e. The number of hydrogen-bond acceptors (Lipinski definition) is 3. The zero-order valence-corrected chi connectivity index (χ0v) is 13.6. The molecule has 0 saturated heterocycles. The van der Waals surface area contributed by atoms with Crippen molar-refractivity contribution in [3.63, 3.8) is 0 Å². The molecule has 0 fully saturated rings. The average Bonchev–Trinajstić information content (AvgIpc) is 2.80. The quantitative estimate of drug-likeness (QED) is 0.515. The van der Waals surface area contributed by atoms with E-state index in [-0.39, 0.29) is 17.1 Å². The number of nitriles is 1. The van der Waals surface area contributed by atoms with Crippen LogP contribution in [-0.2, 0) is 6.54 Å². The van der Waals surface area contributed by atoms with Crippen molar-refractivity contribution in [2.45, 2.75) is 33.7 Å². The second-order valence-electron chi connectivity index (χ2n) is 5.53. The molecule has 1 N–H and O–H groups in total. The zero-order valence-electron chi connectivity index (χ0n) is 13.6. The maximum Gasteiger partial charge on any atom is 0.205 e. The fourth-order valence-corrected chi connectivity index (χ4v) is 2.67. The summed E-state index contributed by atoms with van der Waals surface area (Å²) in [5.41, 5.74) is 3.14. The monoisotopic (exact) mass is 308 g/mol. The molecule has 23 heavy (non-hydrogen) atoms. The van der Waals surface area contributed by atoms with Gasteiger partial charge in [-0.3, -0.25) is 4.79 Å². The normalized spacial score (nSPS) is 11.3. The molecule has 4 nitrogen and oxygen atoms in total. The molecule has 0 atom stereocenters. The first-order valence-electron chi connectivity index (χ1n) is 7.60. The highest BCUT2D eigenvalue weighted by Gasteiger charge is 2.19. The van der Waals surface area contributed by atoms with Crippen molar-refractivity contribution >= 4 is 11.9 Å². The number of rotatable bonds is 5. The molecule has 2 rings (SSSR count). The summed E-state index contributed by atoms with van der Waals surface area (Å²) in [5.74, 6) is -0.184. The highest BCUT2D eigenvalue weighted by Crippen LogP contribution is 2.21. The molecule has 1 heterocycles. The van der Waals surface area contributed by atoms with E-state index < -0.39 is 0 Å². The summed E-state index contributed by atoms with van der Waals surface area (Å²) in [6, 6.07) is 10.3. The second kappa shape index (κ2) is 6.97. The van der Waals surface area contributed by atoms with Crippen molar-refractivity contribution in [1.29, 1.82) is 5.26 Å². The Hall–Kier alpha value is -2.80. The van der Waals surface area contributed by atoms with E-state index >= 15 is 0 Å². The summed E-state index contributed by atoms with van der Waals surface area (Å²) < 4.78 is 2.09. The first-order valence-corrected chi connectivity index (χ1v) is 7.60. The van der Waals surface area contributed by atoms with Gasteiger partial charge < -0.3 is 9.67 Å². The molecule has 0 unspecified atom stereocenters. The molecule has 0 aliphatic heterocycles. The van der Waals surface area contributed by atoms with Gasteiger partial charge in [-0.15, -0.1) is 0 Å². The van der Waals surface area contributed by atoms with Crippen molar-refractivity contribution in [1.82, 2.24) is 4.57 Å². The largest absolute Gasteiger partial charge is 0.508 e. The van der Waals surface area contributed by atoms with Gasteiger partial charge in [0.25, 0.3) is 0 Å². The minimum absolute atomic E-state index is 0.0624. The van der Waals surface area contributed by atoms with Crippen LogP contribution in [0.4, 0.5) is 0 Å². The standard InChI is InChI=1S/C19H20N2O2/c1-4-8-21-13(2)9-18(14(21)3)19(23)16(12-20)10-15-6-5-7-17(22)11-15/h5-7,9-11,22H,4,8H2,1-3H3/b16-10+. The van der Waals surface area contributed by atoms with Crippen molar-refractivity contribution in [2.75, 3.05) is 0 Å². The fourth-order valence-electron chi connectivity index (χ4n) is 2.67. The third-order valence-electron chi connectivity index (χ3n) is 3.81. The Kier molecular flexibility index (Phi) is 5.02. The smallest absolute Gasteiger partial charge is 0.205 e. The van der Waals surface area contributed by atoms with Gasteiger partial charge >= 0.3 is 0 Å². The van der Waals surface area contributed by atoms with Crippen LogP contribution >= 0.6 is 0 Å². The Morgan fingerprint density at radius 3 is 2.70 bits per heavy atom. The highest BCUT2D eigenvalue weighted by atomic mass is 16.3. The SMILES string of the molecule is CCCn1c(C)cc(C(=O)/C(C#N)=C/c2cccc(O)c2)c1C. The number of allylic oxidation sites excluding steroid dienone is 1. The van der Waals surface area contributed by atoms with Crippen LogP contribution in [0.25, 0.3) is 6.08 Å². The van der Waals surface area contributed by atoms with E-state index in [1.807, 2.05) is 26.0 Å². The van der Waals surface area contributed by atoms with Crippen molar-refractivity contribution in [2.24, 2.45) is 0 Å². The van der Waals surface area contributed by atoms with Crippen LogP contribution in [-0.4, -0.2) is 15.5 Å². The van der Waals surface area contributed by atoms with Gasteiger partial charge in [0.15, 0.2) is 0 Å². The number of carbonyl (C=O) groups is 1. The van der Waals surface area contributed by atoms with Crippen LogP contribution in [0.5, 0.6) is 5.75 Å². The van der Waals surface area contributed by atoms with Gasteiger partial charge in [-0.2, -0.15) is 5.26 Å². The lowest BCUT2D eigenvalue weighted by Crippen LogP contribution is -2.06. The molecule has 0 radical (unpaired) electrons. The van der Waals surface area contributed by atoms with Gasteiger partial charge in [0.05, 0.1) is 0 Å². The first kappa shape index (κ1) is 16.6. The van der Waals surface area contributed by atoms with E-state index in [0.717, 1.165) is 24.4 Å². The lowest BCUT2D eigenvalue weighted by atomic mass is 10.0. The lowest BCUT2D eigenvalue weighted by molar-refractivity contribution is 0.103. The third kappa shape index (κ3) is 3.51. The molecule has 0 bridgehead atoms. The number of aryl methyl sites for hydroxylation is 1. The highest BCUT2D eigenvalue weighted by molar-refractivity contribution is 6.14. The molecular weight excluding hydrogens is 288 g/mol. The van der Waals surface area contributed by atoms with Gasteiger partial charge in [0.1, 0.15) is 17.4 Å². The molecule has 2 aromatic rings. The van der Waals surface area contributed by atoms with E-state index in [1.165, 1.54) is 12.1 Å². The maximum absolute atomic E-state index is 12.7. The number of benzene rings is 1. The number of nitrogens with zero attached hydrogens (tertiary/aromatic N) is 2. The minimum atomic E-state index is -0.286. The molecule has 1 aromatic carbocycles. The van der Waals surface area contributed by atoms with Gasteiger partial charge in [0.2, 0.25) is 5.78 Å². The predicted molar refractivity (Wildman–Crippen MR) is 90.2 cm³/mol. The Bertz CT molecular complexity index is 807. The van der Waals surface area contributed by atoms with Crippen LogP contribution in [0, 0.1) is 25.2 Å². The zero-order chi connectivity index (χ0) is 17.0. The molecule has 118 valence electrons. The van der Waals surface area contributed by atoms with Gasteiger partial charge in [-0.05, 0) is 50.1 Å². The van der Waals surface area contributed by atoms with Gasteiger partial charge in [-0.1, -0.05) is 19.1 Å². The predicted octanol–water partition coefficient (Wildman–Crippen LogP) is 4.01. The van der Waals surface area contributed by atoms with E-state index in [1.54, 1.807) is 18.2 Å². The number of ketones is 1. The molecule has 1 aromatic heterocycles. The summed E-state index contributed by atoms with van der Waals surface area (Å²) in [7, 11) is 0. The topological polar surface area (TPSA) is 66.0 Å². The van der Waals surface area contributed by atoms with Crippen molar-refractivity contribution < 1.29 is 9.90 Å². The number of carbonyl (C=O) groups excluding carboxylic acids is 1. The number of aromatic hydroxyl groups is 1. The summed E-state index contributed by atoms with van der Waals surface area (Å²) in [6.07, 6.45) is 2.49. The molecular formula is C19H20N2O2. The van der Waals surface area contributed by atoms with Crippen LogP contribution in [0.1, 0.15) is 40.7 Å². The number of phenols is 1. The molecule has 0 saturated carbocycles. The van der Waals surface area contributed by atoms with Gasteiger partial charge in [-0.25, -0.2) is 0 Å². The average molecular weight is 308 g/mol. The first-order chi connectivity index (χ1) is 11.0. The molecule has 0 spiro atoms. The van der Waals surface area contributed by atoms with Crippen LogP contribution < -0.4 is 0 Å². The van der Waals surface area contributed by atoms with Crippen LogP contribution in [0.15, 0.2) is 35.9 Å². The maximum atomic E-state index is 12.7. The summed E-state index contributed by atoms with van der Waals surface area (Å²) in [6.45, 7) is 6.80. The Morgan fingerprint density at radius 2 is 2.09 bits per heavy atom. The van der Waals surface area contributed by atoms with E-state index in [0.29, 0.717) is 11.1 Å². The van der Waals surface area contributed by atoms with Crippen molar-refractivity contribution in [3.8, 4) is 11.8 Å². The van der Waals surface area contributed by atoms with E-state index in [9.17, 15) is 15.2 Å². The Labute approximate surface area is 136 Å². The third-order valence-corrected chi connectivity index (χ3v) is 3.81. The molecule has 0 aliphatic rings. The van der Waals surface area contributed by atoms with Crippen LogP contribution in [0.2, 0.25) is 0 Å². The Morgan fingerprint density at radius 1 is 1.35 bits per heavy atom. The summed E-state index contributed by atoms with van der Waals surface area (Å²) in [5, 5.41) is 18.8. The fraction of sp³-hybridized carbons (Fsp3) is 0.263. The summed E-state index contributed by atoms with van der Waals surface area (Å²) >= 11 is 0. The number of aromatic nitrogens is 1. The lowest BCUT2D eigenvalue weighted by Gasteiger charge is -2.07. The molecule has 0 aliphatic carbocycles. The number of hydrogen-bond donors (Lipinski definition) is 1. The Balaban J connectivity index is 2.42. The summed E-state index contributed by atoms with van der Waals surface area (Å²) in [4.78, 5) is 12.7. The molecule has 0 amide bonds. The number of Topliss-reactive ketones (excluding diaryl/α,β-unsaturated/α-hetero) is 1. The van der Waals surface area contributed by atoms with Crippen LogP contribution in [0.3, 0.4) is 0 Å². The van der Waals surface area contributed by atoms with Crippen molar-refractivity contribution in [3.05, 3.63) is 58.4 Å². The number of phenolic OH excluding ortho intramolecular Hbond substituents is 1. The molecule has 4 heteroatoms. The second-order valence-corrected chi connectivity index (χ2v) is 5.53. The van der Waals surface area contributed by atoms with Gasteiger partial charge in [0, 0.05) is 23.5 Å². The van der Waals surface area contributed by atoms with E-state index in [4.69, 9.17) is 0 Å². The van der Waals surface area contributed by atoms with E-state index in [2.05, 4.69) is 11.5 Å².